The minimum Gasteiger partial charge on any atom is -0.481 e. The summed E-state index contributed by atoms with van der Waals surface area (Å²) in [6.45, 7) is 0. The lowest BCUT2D eigenvalue weighted by Gasteiger charge is -1.95. The fourth-order valence-corrected chi connectivity index (χ4v) is 2.52. The van der Waals surface area contributed by atoms with Gasteiger partial charge in [-0.25, -0.2) is 9.37 Å². The molecule has 7 heteroatoms. The van der Waals surface area contributed by atoms with Crippen LogP contribution in [0.3, 0.4) is 0 Å². The highest BCUT2D eigenvalue weighted by atomic mass is 79.9. The molecule has 0 amide bonds. The molecule has 3 aromatic rings. The highest BCUT2D eigenvalue weighted by Gasteiger charge is 2.16. The fourth-order valence-electron chi connectivity index (χ4n) is 1.93. The van der Waals surface area contributed by atoms with Gasteiger partial charge in [-0.2, -0.15) is 0 Å². The van der Waals surface area contributed by atoms with Crippen molar-refractivity contribution in [3.63, 3.8) is 0 Å². The maximum atomic E-state index is 13.1. The van der Waals surface area contributed by atoms with Crippen molar-refractivity contribution in [3.8, 4) is 0 Å². The summed E-state index contributed by atoms with van der Waals surface area (Å²) in [5.41, 5.74) is 1.76. The van der Waals surface area contributed by atoms with E-state index in [1.54, 1.807) is 10.5 Å². The number of carboxylic acids is 1. The lowest BCUT2D eigenvalue weighted by molar-refractivity contribution is -0.136. The number of H-pyrrole nitrogens is 1. The predicted octanol–water partition coefficient (Wildman–Crippen LogP) is 2.34. The Morgan fingerprint density at radius 3 is 3.06 bits per heavy atom. The largest absolute Gasteiger partial charge is 0.481 e. The van der Waals surface area contributed by atoms with E-state index in [-0.39, 0.29) is 12.2 Å². The number of hydrogen-bond acceptors (Lipinski definition) is 2. The zero-order valence-electron chi connectivity index (χ0n) is 8.94. The molecule has 0 atom stereocenters. The Kier molecular flexibility index (Phi) is 2.37. The average Bonchev–Trinajstić information content (AvgIpc) is 2.76. The number of halogens is 2. The summed E-state index contributed by atoms with van der Waals surface area (Å²) in [5.74, 6) is -0.806. The maximum Gasteiger partial charge on any atom is 0.309 e. The number of aromatic nitrogens is 3. The van der Waals surface area contributed by atoms with E-state index in [1.807, 2.05) is 0 Å². The summed E-state index contributed by atoms with van der Waals surface area (Å²) in [4.78, 5) is 17.8. The molecule has 0 aliphatic rings. The summed E-state index contributed by atoms with van der Waals surface area (Å²) in [6, 6.07) is 4.28. The van der Waals surface area contributed by atoms with Gasteiger partial charge in [0.15, 0.2) is 0 Å². The lowest BCUT2D eigenvalue weighted by Crippen LogP contribution is -2.01. The number of imidazole rings is 2. The number of aromatic amines is 1. The zero-order chi connectivity index (χ0) is 12.9. The van der Waals surface area contributed by atoms with Gasteiger partial charge in [0, 0.05) is 6.07 Å². The molecule has 0 aliphatic heterocycles. The molecule has 0 saturated heterocycles. The molecule has 2 heterocycles. The molecule has 3 rings (SSSR count). The third-order valence-corrected chi connectivity index (χ3v) is 3.49. The number of nitrogens with zero attached hydrogens (tertiary/aromatic N) is 2. The second-order valence-corrected chi connectivity index (χ2v) is 4.62. The monoisotopic (exact) mass is 311 g/mol. The molecule has 5 nitrogen and oxygen atoms in total. The van der Waals surface area contributed by atoms with Gasteiger partial charge in [0.05, 0.1) is 23.1 Å². The second-order valence-electron chi connectivity index (χ2n) is 3.87. The van der Waals surface area contributed by atoms with Crippen molar-refractivity contribution in [2.24, 2.45) is 0 Å². The standard InChI is InChI=1S/C11H7BrFN3O2/c12-10-7(4-9(17)18)15-11-14-6-3-5(13)1-2-8(6)16(10)11/h1-3H,4H2,(H,14,15)(H,17,18). The van der Waals surface area contributed by atoms with Gasteiger partial charge in [-0.3, -0.25) is 9.20 Å². The van der Waals surface area contributed by atoms with Crippen molar-refractivity contribution in [2.45, 2.75) is 6.42 Å². The van der Waals surface area contributed by atoms with Gasteiger partial charge in [-0.15, -0.1) is 0 Å². The first-order chi connectivity index (χ1) is 8.56. The van der Waals surface area contributed by atoms with Crippen LogP contribution in [0.2, 0.25) is 0 Å². The number of fused-ring (bicyclic) bond motifs is 3. The Hall–Kier alpha value is -1.89. The average molecular weight is 312 g/mol. The smallest absolute Gasteiger partial charge is 0.309 e. The van der Waals surface area contributed by atoms with Crippen LogP contribution in [0.15, 0.2) is 22.8 Å². The van der Waals surface area contributed by atoms with Gasteiger partial charge in [-0.1, -0.05) is 0 Å². The van der Waals surface area contributed by atoms with E-state index in [9.17, 15) is 9.18 Å². The highest BCUT2D eigenvalue weighted by molar-refractivity contribution is 9.10. The summed E-state index contributed by atoms with van der Waals surface area (Å²) in [6.07, 6.45) is -0.132. The Labute approximate surface area is 108 Å². The van der Waals surface area contributed by atoms with Crippen LogP contribution in [0.5, 0.6) is 0 Å². The Bertz CT molecular complexity index is 777. The number of rotatable bonds is 2. The molecule has 0 radical (unpaired) electrons. The van der Waals surface area contributed by atoms with Crippen molar-refractivity contribution >= 4 is 38.7 Å². The van der Waals surface area contributed by atoms with Gasteiger partial charge in [0.1, 0.15) is 10.4 Å². The summed E-state index contributed by atoms with van der Waals surface area (Å²) in [5, 5.41) is 8.78. The zero-order valence-corrected chi connectivity index (χ0v) is 10.5. The van der Waals surface area contributed by atoms with E-state index in [4.69, 9.17) is 5.11 Å². The molecular formula is C11H7BrFN3O2. The Morgan fingerprint density at radius 1 is 1.56 bits per heavy atom. The number of carboxylic acid groups (broad SMARTS) is 1. The molecule has 0 saturated carbocycles. The molecule has 1 aromatic carbocycles. The van der Waals surface area contributed by atoms with Crippen molar-refractivity contribution < 1.29 is 14.3 Å². The van der Waals surface area contributed by atoms with E-state index in [2.05, 4.69) is 25.9 Å². The fraction of sp³-hybridized carbons (Fsp3) is 0.0909. The predicted molar refractivity (Wildman–Crippen MR) is 66.0 cm³/mol. The van der Waals surface area contributed by atoms with Crippen LogP contribution < -0.4 is 0 Å². The van der Waals surface area contributed by atoms with Gasteiger partial charge >= 0.3 is 5.97 Å². The number of aliphatic carboxylic acids is 1. The Balaban J connectivity index is 2.29. The van der Waals surface area contributed by atoms with Crippen molar-refractivity contribution in [2.75, 3.05) is 0 Å². The van der Waals surface area contributed by atoms with Crippen molar-refractivity contribution in [3.05, 3.63) is 34.3 Å². The Morgan fingerprint density at radius 2 is 2.33 bits per heavy atom. The molecule has 18 heavy (non-hydrogen) atoms. The van der Waals surface area contributed by atoms with Crippen LogP contribution in [0.4, 0.5) is 4.39 Å². The third kappa shape index (κ3) is 1.59. The normalized spacial score (nSPS) is 11.4. The molecule has 0 bridgehead atoms. The molecule has 92 valence electrons. The van der Waals surface area contributed by atoms with Gasteiger partial charge in [0.25, 0.3) is 0 Å². The van der Waals surface area contributed by atoms with Crippen LogP contribution in [0.1, 0.15) is 5.69 Å². The topological polar surface area (TPSA) is 70.4 Å². The molecule has 2 N–H and O–H groups in total. The summed E-state index contributed by atoms with van der Waals surface area (Å²) < 4.78 is 15.4. The van der Waals surface area contributed by atoms with Crippen LogP contribution in [0.25, 0.3) is 16.8 Å². The van der Waals surface area contributed by atoms with Gasteiger partial charge in [-0.05, 0) is 28.1 Å². The van der Waals surface area contributed by atoms with E-state index in [0.717, 1.165) is 0 Å². The lowest BCUT2D eigenvalue weighted by atomic mass is 10.3. The number of carbonyl (C=O) groups is 1. The minimum atomic E-state index is -0.935. The highest BCUT2D eigenvalue weighted by Crippen LogP contribution is 2.25. The first-order valence-electron chi connectivity index (χ1n) is 5.12. The van der Waals surface area contributed by atoms with Crippen LogP contribution in [-0.2, 0) is 11.2 Å². The third-order valence-electron chi connectivity index (χ3n) is 2.65. The van der Waals surface area contributed by atoms with E-state index in [1.165, 1.54) is 12.1 Å². The van der Waals surface area contributed by atoms with Crippen molar-refractivity contribution in [1.29, 1.82) is 0 Å². The van der Waals surface area contributed by atoms with Crippen LogP contribution in [0, 0.1) is 5.82 Å². The van der Waals surface area contributed by atoms with Crippen molar-refractivity contribution in [1.82, 2.24) is 14.4 Å². The number of hydrogen-bond donors (Lipinski definition) is 2. The van der Waals surface area contributed by atoms with E-state index in [0.29, 0.717) is 27.1 Å². The molecule has 2 aromatic heterocycles. The van der Waals surface area contributed by atoms with E-state index >= 15 is 0 Å². The summed E-state index contributed by atoms with van der Waals surface area (Å²) in [7, 11) is 0. The van der Waals surface area contributed by atoms with Crippen LogP contribution in [-0.4, -0.2) is 25.4 Å². The molecular weight excluding hydrogens is 305 g/mol. The van der Waals surface area contributed by atoms with Gasteiger partial charge < -0.3 is 10.1 Å². The number of nitrogens with one attached hydrogen (secondary N) is 1. The SMILES string of the molecule is O=C(O)Cc1[nH]c2nc3cc(F)ccc3n2c1Br. The minimum absolute atomic E-state index is 0.132. The quantitative estimate of drug-likeness (QED) is 0.763. The number of benzene rings is 1. The van der Waals surface area contributed by atoms with Gasteiger partial charge in [0.2, 0.25) is 5.78 Å². The summed E-state index contributed by atoms with van der Waals surface area (Å²) >= 11 is 3.33. The molecule has 0 spiro atoms. The first-order valence-corrected chi connectivity index (χ1v) is 5.91. The molecule has 0 unspecified atom stereocenters. The second kappa shape index (κ2) is 3.81. The molecule has 0 fully saturated rings. The molecule has 0 aliphatic carbocycles. The maximum absolute atomic E-state index is 13.1. The first kappa shape index (κ1) is 11.2. The van der Waals surface area contributed by atoms with E-state index < -0.39 is 5.97 Å². The van der Waals surface area contributed by atoms with Crippen LogP contribution >= 0.6 is 15.9 Å².